The molecule has 1 saturated carbocycles. The van der Waals surface area contributed by atoms with Gasteiger partial charge in [0.25, 0.3) is 5.91 Å². The van der Waals surface area contributed by atoms with Crippen molar-refractivity contribution in [2.75, 3.05) is 18.4 Å². The summed E-state index contributed by atoms with van der Waals surface area (Å²) in [5.74, 6) is -0.201. The molecule has 1 saturated heterocycles. The van der Waals surface area contributed by atoms with Crippen LogP contribution in [0.1, 0.15) is 36.2 Å². The highest BCUT2D eigenvalue weighted by atomic mass is 35.5. The van der Waals surface area contributed by atoms with Crippen LogP contribution >= 0.6 is 34.5 Å². The number of carbonyl (C=O) groups is 2. The molecular formula is C19H20Cl2N4O2S. The molecule has 2 N–H and O–H groups in total. The number of rotatable bonds is 5. The number of anilines is 2. The number of carbonyl (C=O) groups excluding carboxylic acids is 2. The largest absolute Gasteiger partial charge is 0.353 e. The molecule has 2 aliphatic rings. The van der Waals surface area contributed by atoms with Crippen LogP contribution in [0, 0.1) is 5.92 Å². The van der Waals surface area contributed by atoms with E-state index in [0.717, 1.165) is 31.4 Å². The predicted molar refractivity (Wildman–Crippen MR) is 112 cm³/mol. The molecule has 9 heteroatoms. The second-order valence-electron chi connectivity index (χ2n) is 7.16. The molecule has 148 valence electrons. The van der Waals surface area contributed by atoms with Crippen LogP contribution in [0.4, 0.5) is 10.8 Å². The second-order valence-corrected chi connectivity index (χ2v) is 8.84. The van der Waals surface area contributed by atoms with Gasteiger partial charge in [-0.1, -0.05) is 23.2 Å². The normalized spacial score (nSPS) is 19.4. The topological polar surface area (TPSA) is 74.3 Å². The zero-order valence-corrected chi connectivity index (χ0v) is 17.4. The zero-order valence-electron chi connectivity index (χ0n) is 15.1. The molecule has 4 rings (SSSR count). The average Bonchev–Trinajstić information content (AvgIpc) is 3.39. The van der Waals surface area contributed by atoms with Gasteiger partial charge in [-0.15, -0.1) is 11.3 Å². The monoisotopic (exact) mass is 438 g/mol. The number of nitrogens with zero attached hydrogens (tertiary/aromatic N) is 2. The van der Waals surface area contributed by atoms with Gasteiger partial charge in [-0.2, -0.15) is 0 Å². The Morgan fingerprint density at radius 1 is 1.18 bits per heavy atom. The second kappa shape index (κ2) is 8.27. The number of thiazole rings is 1. The van der Waals surface area contributed by atoms with Crippen LogP contribution in [0.5, 0.6) is 0 Å². The van der Waals surface area contributed by atoms with E-state index in [1.807, 2.05) is 0 Å². The van der Waals surface area contributed by atoms with Crippen molar-refractivity contribution in [3.05, 3.63) is 39.3 Å². The number of hydrogen-bond donors (Lipinski definition) is 2. The van der Waals surface area contributed by atoms with Crippen LogP contribution < -0.4 is 10.6 Å². The molecule has 1 atom stereocenters. The molecule has 0 bridgehead atoms. The van der Waals surface area contributed by atoms with Gasteiger partial charge in [0.2, 0.25) is 5.91 Å². The van der Waals surface area contributed by atoms with Gasteiger partial charge >= 0.3 is 0 Å². The molecule has 0 spiro atoms. The molecule has 6 nitrogen and oxygen atoms in total. The zero-order chi connectivity index (χ0) is 19.7. The summed E-state index contributed by atoms with van der Waals surface area (Å²) >= 11 is 13.3. The molecule has 1 aliphatic heterocycles. The van der Waals surface area contributed by atoms with Crippen LogP contribution in [-0.4, -0.2) is 40.8 Å². The molecule has 1 aromatic carbocycles. The summed E-state index contributed by atoms with van der Waals surface area (Å²) in [6, 6.07) is 5.55. The number of benzene rings is 1. The van der Waals surface area contributed by atoms with Crippen molar-refractivity contribution in [2.24, 2.45) is 5.92 Å². The third-order valence-corrected chi connectivity index (χ3v) is 6.39. The maximum Gasteiger partial charge on any atom is 0.273 e. The number of amides is 2. The van der Waals surface area contributed by atoms with Crippen molar-refractivity contribution in [3.63, 3.8) is 0 Å². The lowest BCUT2D eigenvalue weighted by atomic mass is 9.97. The Bertz CT molecular complexity index is 900. The highest BCUT2D eigenvalue weighted by molar-refractivity contribution is 7.14. The highest BCUT2D eigenvalue weighted by Crippen LogP contribution is 2.29. The van der Waals surface area contributed by atoms with Crippen molar-refractivity contribution in [1.82, 2.24) is 15.2 Å². The number of likely N-dealkylation sites (tertiary alicyclic amines) is 1. The molecule has 28 heavy (non-hydrogen) atoms. The summed E-state index contributed by atoms with van der Waals surface area (Å²) in [7, 11) is 0. The Labute approximate surface area is 177 Å². The fourth-order valence-corrected chi connectivity index (χ4v) is 4.21. The number of aromatic nitrogens is 1. The Morgan fingerprint density at radius 3 is 2.75 bits per heavy atom. The first-order valence-corrected chi connectivity index (χ1v) is 10.9. The molecule has 2 amide bonds. The summed E-state index contributed by atoms with van der Waals surface area (Å²) in [5, 5.41) is 9.44. The fraction of sp³-hybridized carbons (Fsp3) is 0.421. The third-order valence-electron chi connectivity index (χ3n) is 4.90. The molecule has 2 heterocycles. The van der Waals surface area contributed by atoms with Crippen molar-refractivity contribution in [1.29, 1.82) is 0 Å². The Morgan fingerprint density at radius 2 is 2.00 bits per heavy atom. The van der Waals surface area contributed by atoms with Gasteiger partial charge < -0.3 is 15.5 Å². The number of nitrogens with one attached hydrogen (secondary N) is 2. The van der Waals surface area contributed by atoms with E-state index >= 15 is 0 Å². The summed E-state index contributed by atoms with van der Waals surface area (Å²) in [5.41, 5.74) is 1.13. The molecular weight excluding hydrogens is 419 g/mol. The first-order chi connectivity index (χ1) is 13.5. The first-order valence-electron chi connectivity index (χ1n) is 9.27. The quantitative estimate of drug-likeness (QED) is 0.728. The Balaban J connectivity index is 1.39. The van der Waals surface area contributed by atoms with Gasteiger partial charge in [0.1, 0.15) is 5.69 Å². The van der Waals surface area contributed by atoms with E-state index in [2.05, 4.69) is 15.6 Å². The lowest BCUT2D eigenvalue weighted by molar-refractivity contribution is -0.126. The van der Waals surface area contributed by atoms with Crippen molar-refractivity contribution in [2.45, 2.75) is 31.7 Å². The minimum Gasteiger partial charge on any atom is -0.353 e. The van der Waals surface area contributed by atoms with E-state index in [1.54, 1.807) is 28.5 Å². The number of hydrogen-bond acceptors (Lipinski definition) is 5. The summed E-state index contributed by atoms with van der Waals surface area (Å²) in [6.07, 6.45) is 3.78. The summed E-state index contributed by atoms with van der Waals surface area (Å²) < 4.78 is 0. The van der Waals surface area contributed by atoms with Crippen molar-refractivity contribution in [3.8, 4) is 0 Å². The van der Waals surface area contributed by atoms with Gasteiger partial charge in [0.15, 0.2) is 5.13 Å². The first kappa shape index (κ1) is 19.5. The molecule has 1 aliphatic carbocycles. The van der Waals surface area contributed by atoms with Crippen LogP contribution in [0.25, 0.3) is 0 Å². The third kappa shape index (κ3) is 4.59. The smallest absolute Gasteiger partial charge is 0.273 e. The maximum atomic E-state index is 12.8. The lowest BCUT2D eigenvalue weighted by Crippen LogP contribution is -2.46. The van der Waals surface area contributed by atoms with Crippen molar-refractivity contribution < 1.29 is 9.59 Å². The maximum absolute atomic E-state index is 12.8. The van der Waals surface area contributed by atoms with Crippen LogP contribution in [0.15, 0.2) is 23.6 Å². The number of halogens is 2. The van der Waals surface area contributed by atoms with E-state index in [9.17, 15) is 9.59 Å². The Kier molecular flexibility index (Phi) is 5.75. The average molecular weight is 439 g/mol. The van der Waals surface area contributed by atoms with Crippen molar-refractivity contribution >= 4 is 57.2 Å². The van der Waals surface area contributed by atoms with Gasteiger partial charge in [0, 0.05) is 30.2 Å². The van der Waals surface area contributed by atoms with Crippen LogP contribution in [0.3, 0.4) is 0 Å². The molecule has 1 aromatic heterocycles. The van der Waals surface area contributed by atoms with E-state index in [1.165, 1.54) is 11.3 Å². The lowest BCUT2D eigenvalue weighted by Gasteiger charge is -2.31. The molecule has 0 radical (unpaired) electrons. The molecule has 2 fully saturated rings. The minimum atomic E-state index is -0.137. The summed E-state index contributed by atoms with van der Waals surface area (Å²) in [4.78, 5) is 31.3. The van der Waals surface area contributed by atoms with Gasteiger partial charge in [-0.25, -0.2) is 4.98 Å². The Hall–Kier alpha value is -1.83. The number of piperidine rings is 1. The van der Waals surface area contributed by atoms with Gasteiger partial charge in [-0.3, -0.25) is 9.59 Å². The SMILES string of the molecule is O=C(NC1CC1)[C@H]1CCCN(C(=O)c2csc(Nc3ccc(Cl)c(Cl)c3)n2)C1. The van der Waals surface area contributed by atoms with E-state index in [0.29, 0.717) is 40.0 Å². The van der Waals surface area contributed by atoms with Crippen LogP contribution in [-0.2, 0) is 4.79 Å². The minimum absolute atomic E-state index is 0.0697. The predicted octanol–water partition coefficient (Wildman–Crippen LogP) is 4.32. The highest BCUT2D eigenvalue weighted by Gasteiger charge is 2.32. The molecule has 2 aromatic rings. The van der Waals surface area contributed by atoms with Gasteiger partial charge in [-0.05, 0) is 43.9 Å². The molecule has 0 unspecified atom stereocenters. The van der Waals surface area contributed by atoms with E-state index in [4.69, 9.17) is 23.2 Å². The van der Waals surface area contributed by atoms with Gasteiger partial charge in [0.05, 0.1) is 16.0 Å². The van der Waals surface area contributed by atoms with E-state index < -0.39 is 0 Å². The van der Waals surface area contributed by atoms with E-state index in [-0.39, 0.29) is 17.7 Å². The summed E-state index contributed by atoms with van der Waals surface area (Å²) in [6.45, 7) is 1.10. The fourth-order valence-electron chi connectivity index (χ4n) is 3.21. The van der Waals surface area contributed by atoms with Crippen LogP contribution in [0.2, 0.25) is 10.0 Å². The standard InChI is InChI=1S/C19H20Cl2N4O2S/c20-14-6-5-13(8-15(14)21)23-19-24-16(10-28-19)18(27)25-7-1-2-11(9-25)17(26)22-12-3-4-12/h5-6,8,10-12H,1-4,7,9H2,(H,22,26)(H,23,24)/t11-/m0/s1.